The molecule has 1 heterocycles. The van der Waals surface area contributed by atoms with Crippen molar-refractivity contribution >= 4 is 35.2 Å². The highest BCUT2D eigenvalue weighted by molar-refractivity contribution is 6.36. The number of amides is 2. The van der Waals surface area contributed by atoms with E-state index in [-0.39, 0.29) is 34.2 Å². The molecule has 0 aromatic heterocycles. The highest BCUT2D eigenvalue weighted by Crippen LogP contribution is 2.26. The number of hydrogen-bond donors (Lipinski definition) is 1. The van der Waals surface area contributed by atoms with E-state index in [1.54, 1.807) is 6.92 Å². The first-order valence-electron chi connectivity index (χ1n) is 7.29. The van der Waals surface area contributed by atoms with Crippen LogP contribution in [0, 0.1) is 5.82 Å². The van der Waals surface area contributed by atoms with Gasteiger partial charge in [0.25, 0.3) is 5.91 Å². The summed E-state index contributed by atoms with van der Waals surface area (Å²) >= 11 is 11.6. The average Bonchev–Trinajstić information content (AvgIpc) is 2.50. The molecule has 0 unspecified atom stereocenters. The van der Waals surface area contributed by atoms with Crippen molar-refractivity contribution in [2.75, 3.05) is 19.7 Å². The molecule has 1 atom stereocenters. The SMILES string of the molecule is CCOC(=O)N[C@@H]1CCCN(C(=O)c2cc(F)c(Cl)cc2Cl)C1. The third-order valence-electron chi connectivity index (χ3n) is 3.55. The Bertz CT molecular complexity index is 613. The summed E-state index contributed by atoms with van der Waals surface area (Å²) in [5, 5.41) is 2.67. The van der Waals surface area contributed by atoms with Crippen LogP contribution in [0.3, 0.4) is 0 Å². The number of carbonyl (C=O) groups excluding carboxylic acids is 2. The number of nitrogens with one attached hydrogen (secondary N) is 1. The van der Waals surface area contributed by atoms with Gasteiger partial charge in [-0.2, -0.15) is 0 Å². The fourth-order valence-electron chi connectivity index (χ4n) is 2.48. The van der Waals surface area contributed by atoms with Crippen molar-refractivity contribution in [3.8, 4) is 0 Å². The lowest BCUT2D eigenvalue weighted by atomic mass is 10.0. The van der Waals surface area contributed by atoms with Crippen LogP contribution in [0.15, 0.2) is 12.1 Å². The van der Waals surface area contributed by atoms with Crippen molar-refractivity contribution in [3.63, 3.8) is 0 Å². The third kappa shape index (κ3) is 4.48. The highest BCUT2D eigenvalue weighted by atomic mass is 35.5. The Morgan fingerprint density at radius 3 is 2.83 bits per heavy atom. The smallest absolute Gasteiger partial charge is 0.407 e. The second-order valence-electron chi connectivity index (χ2n) is 5.20. The van der Waals surface area contributed by atoms with E-state index < -0.39 is 11.9 Å². The molecule has 23 heavy (non-hydrogen) atoms. The lowest BCUT2D eigenvalue weighted by Crippen LogP contribution is -2.49. The van der Waals surface area contributed by atoms with Gasteiger partial charge in [-0.1, -0.05) is 23.2 Å². The monoisotopic (exact) mass is 362 g/mol. The van der Waals surface area contributed by atoms with Gasteiger partial charge in [-0.05, 0) is 31.9 Å². The Labute approximate surface area is 143 Å². The van der Waals surface area contributed by atoms with E-state index in [2.05, 4.69) is 5.32 Å². The zero-order valence-corrected chi connectivity index (χ0v) is 14.1. The van der Waals surface area contributed by atoms with Crippen molar-refractivity contribution in [2.45, 2.75) is 25.8 Å². The Morgan fingerprint density at radius 2 is 2.13 bits per heavy atom. The minimum absolute atomic E-state index is 0.0605. The van der Waals surface area contributed by atoms with Gasteiger partial charge in [0.2, 0.25) is 0 Å². The van der Waals surface area contributed by atoms with E-state index >= 15 is 0 Å². The molecule has 1 aromatic carbocycles. The summed E-state index contributed by atoms with van der Waals surface area (Å²) in [7, 11) is 0. The molecule has 0 radical (unpaired) electrons. The van der Waals surface area contributed by atoms with Crippen LogP contribution < -0.4 is 5.32 Å². The van der Waals surface area contributed by atoms with Gasteiger partial charge in [0.05, 0.1) is 22.2 Å². The number of hydrogen-bond acceptors (Lipinski definition) is 3. The average molecular weight is 363 g/mol. The Hall–Kier alpha value is -1.53. The summed E-state index contributed by atoms with van der Waals surface area (Å²) in [6.07, 6.45) is 0.948. The maximum Gasteiger partial charge on any atom is 0.407 e. The summed E-state index contributed by atoms with van der Waals surface area (Å²) in [5.74, 6) is -1.08. The Morgan fingerprint density at radius 1 is 1.39 bits per heavy atom. The number of carbonyl (C=O) groups is 2. The van der Waals surface area contributed by atoms with Gasteiger partial charge >= 0.3 is 6.09 Å². The number of alkyl carbamates (subject to hydrolysis) is 1. The lowest BCUT2D eigenvalue weighted by molar-refractivity contribution is 0.0686. The van der Waals surface area contributed by atoms with Gasteiger partial charge in [0, 0.05) is 19.1 Å². The molecule has 0 saturated carbocycles. The molecule has 8 heteroatoms. The van der Waals surface area contributed by atoms with Crippen LogP contribution in [-0.2, 0) is 4.74 Å². The van der Waals surface area contributed by atoms with Crippen LogP contribution >= 0.6 is 23.2 Å². The quantitative estimate of drug-likeness (QED) is 0.837. The topological polar surface area (TPSA) is 58.6 Å². The predicted molar refractivity (Wildman–Crippen MR) is 85.5 cm³/mol. The number of likely N-dealkylation sites (tertiary alicyclic amines) is 1. The van der Waals surface area contributed by atoms with E-state index in [4.69, 9.17) is 27.9 Å². The number of rotatable bonds is 3. The molecule has 0 aliphatic carbocycles. The van der Waals surface area contributed by atoms with E-state index in [9.17, 15) is 14.0 Å². The molecule has 1 aliphatic rings. The zero-order valence-electron chi connectivity index (χ0n) is 12.6. The number of benzene rings is 1. The molecule has 126 valence electrons. The van der Waals surface area contributed by atoms with Gasteiger partial charge in [0.1, 0.15) is 5.82 Å². The standard InChI is InChI=1S/C15H17Cl2FN2O3/c1-2-23-15(22)19-9-4-3-5-20(8-9)14(21)10-6-13(18)12(17)7-11(10)16/h6-7,9H,2-5,8H2,1H3,(H,19,22)/t9-/m1/s1. The minimum atomic E-state index is -0.697. The molecule has 2 rings (SSSR count). The summed E-state index contributed by atoms with van der Waals surface area (Å²) in [6.45, 7) is 2.83. The first kappa shape index (κ1) is 17.8. The lowest BCUT2D eigenvalue weighted by Gasteiger charge is -2.33. The van der Waals surface area contributed by atoms with Crippen molar-refractivity contribution in [1.82, 2.24) is 10.2 Å². The molecular formula is C15H17Cl2FN2O3. The van der Waals surface area contributed by atoms with E-state index in [1.165, 1.54) is 11.0 Å². The zero-order chi connectivity index (χ0) is 17.0. The molecule has 1 aromatic rings. The number of piperidine rings is 1. The Kier molecular flexibility index (Phi) is 6.07. The Balaban J connectivity index is 2.07. The molecule has 0 bridgehead atoms. The normalized spacial score (nSPS) is 17.7. The maximum atomic E-state index is 13.6. The van der Waals surface area contributed by atoms with Crippen LogP contribution in [0.25, 0.3) is 0 Å². The van der Waals surface area contributed by atoms with Crippen LogP contribution in [0.2, 0.25) is 10.0 Å². The van der Waals surface area contributed by atoms with Crippen molar-refractivity contribution < 1.29 is 18.7 Å². The van der Waals surface area contributed by atoms with E-state index in [0.717, 1.165) is 18.9 Å². The van der Waals surface area contributed by atoms with E-state index in [0.29, 0.717) is 13.1 Å². The molecule has 1 saturated heterocycles. The summed E-state index contributed by atoms with van der Waals surface area (Å²) in [5.41, 5.74) is 0.0605. The van der Waals surface area contributed by atoms with Crippen LogP contribution in [0.4, 0.5) is 9.18 Å². The summed E-state index contributed by atoms with van der Waals surface area (Å²) < 4.78 is 18.4. The summed E-state index contributed by atoms with van der Waals surface area (Å²) in [6, 6.07) is 2.04. The molecular weight excluding hydrogens is 346 g/mol. The van der Waals surface area contributed by atoms with Crippen molar-refractivity contribution in [3.05, 3.63) is 33.6 Å². The molecule has 1 aliphatic heterocycles. The molecule has 2 amide bonds. The van der Waals surface area contributed by atoms with Crippen LogP contribution in [0.1, 0.15) is 30.1 Å². The molecule has 1 N–H and O–H groups in total. The summed E-state index contributed by atoms with van der Waals surface area (Å²) in [4.78, 5) is 25.5. The van der Waals surface area contributed by atoms with Gasteiger partial charge in [0.15, 0.2) is 0 Å². The van der Waals surface area contributed by atoms with Gasteiger partial charge in [-0.3, -0.25) is 4.79 Å². The molecule has 5 nitrogen and oxygen atoms in total. The second kappa shape index (κ2) is 7.84. The van der Waals surface area contributed by atoms with E-state index in [1.807, 2.05) is 0 Å². The molecule has 1 fully saturated rings. The fourth-order valence-corrected chi connectivity index (χ4v) is 2.94. The van der Waals surface area contributed by atoms with Crippen molar-refractivity contribution in [2.24, 2.45) is 0 Å². The number of ether oxygens (including phenoxy) is 1. The second-order valence-corrected chi connectivity index (χ2v) is 6.02. The molecule has 0 spiro atoms. The number of halogens is 3. The first-order chi connectivity index (χ1) is 10.9. The fraction of sp³-hybridized carbons (Fsp3) is 0.467. The number of nitrogens with zero attached hydrogens (tertiary/aromatic N) is 1. The third-order valence-corrected chi connectivity index (χ3v) is 4.15. The first-order valence-corrected chi connectivity index (χ1v) is 8.05. The maximum absolute atomic E-state index is 13.6. The predicted octanol–water partition coefficient (Wildman–Crippen LogP) is 3.48. The largest absolute Gasteiger partial charge is 0.450 e. The van der Waals surface area contributed by atoms with Gasteiger partial charge in [-0.25, -0.2) is 9.18 Å². The van der Waals surface area contributed by atoms with Gasteiger partial charge < -0.3 is 15.0 Å². The van der Waals surface area contributed by atoms with Crippen LogP contribution in [-0.4, -0.2) is 42.6 Å². The highest BCUT2D eigenvalue weighted by Gasteiger charge is 2.27. The minimum Gasteiger partial charge on any atom is -0.450 e. The van der Waals surface area contributed by atoms with Gasteiger partial charge in [-0.15, -0.1) is 0 Å². The van der Waals surface area contributed by atoms with Crippen LogP contribution in [0.5, 0.6) is 0 Å². The van der Waals surface area contributed by atoms with Crippen molar-refractivity contribution in [1.29, 1.82) is 0 Å².